The number of ether oxygens (including phenoxy) is 2. The minimum Gasteiger partial charge on any atom is -0.487 e. The number of rotatable bonds is 5. The summed E-state index contributed by atoms with van der Waals surface area (Å²) in [5.41, 5.74) is 4.14. The van der Waals surface area contributed by atoms with Gasteiger partial charge in [0.15, 0.2) is 0 Å². The van der Waals surface area contributed by atoms with Crippen molar-refractivity contribution in [1.29, 1.82) is 0 Å². The lowest BCUT2D eigenvalue weighted by atomic mass is 9.92. The Balaban J connectivity index is 1.53. The molecular formula is C24H32N4O3. The molecule has 3 heterocycles. The van der Waals surface area contributed by atoms with Gasteiger partial charge in [0.25, 0.3) is 0 Å². The Labute approximate surface area is 183 Å². The highest BCUT2D eigenvalue weighted by Crippen LogP contribution is 2.44. The molecule has 1 amide bonds. The van der Waals surface area contributed by atoms with Crippen LogP contribution in [0.15, 0.2) is 24.5 Å². The van der Waals surface area contributed by atoms with Gasteiger partial charge in [-0.15, -0.1) is 0 Å². The van der Waals surface area contributed by atoms with E-state index in [0.717, 1.165) is 54.1 Å². The summed E-state index contributed by atoms with van der Waals surface area (Å²) >= 11 is 0. The molecule has 1 unspecified atom stereocenters. The van der Waals surface area contributed by atoms with Gasteiger partial charge >= 0.3 is 6.09 Å². The average Bonchev–Trinajstić information content (AvgIpc) is 3.46. The van der Waals surface area contributed by atoms with E-state index >= 15 is 0 Å². The van der Waals surface area contributed by atoms with Gasteiger partial charge in [-0.2, -0.15) is 5.10 Å². The Morgan fingerprint density at radius 2 is 1.97 bits per heavy atom. The molecule has 31 heavy (non-hydrogen) atoms. The van der Waals surface area contributed by atoms with Crippen LogP contribution in [-0.4, -0.2) is 59.2 Å². The first-order valence-corrected chi connectivity index (χ1v) is 11.4. The number of hydrogen-bond acceptors (Lipinski definition) is 5. The van der Waals surface area contributed by atoms with Crippen LogP contribution in [0, 0.1) is 0 Å². The standard InChI is InChI=1S/C24H32N4O3/c1-15(2)26-13-19(14-26)31-23-20(17-11-25-27(12-17)18-6-7-18)9-10-22-21(23)8-5-16(3)28(22)24(29)30-4/h9-12,15-16,18-19H,5-8,13-14H2,1-4H3. The van der Waals surface area contributed by atoms with Gasteiger partial charge in [0.2, 0.25) is 0 Å². The average molecular weight is 425 g/mol. The number of amides is 1. The Hall–Kier alpha value is -2.54. The molecule has 2 aliphatic heterocycles. The molecule has 0 bridgehead atoms. The van der Waals surface area contributed by atoms with Gasteiger partial charge in [0.1, 0.15) is 11.9 Å². The van der Waals surface area contributed by atoms with Crippen molar-refractivity contribution in [3.05, 3.63) is 30.1 Å². The van der Waals surface area contributed by atoms with E-state index in [2.05, 4.69) is 47.7 Å². The van der Waals surface area contributed by atoms with Crippen LogP contribution in [0.5, 0.6) is 5.75 Å². The molecule has 1 aliphatic carbocycles. The molecule has 0 N–H and O–H groups in total. The van der Waals surface area contributed by atoms with Crippen LogP contribution in [-0.2, 0) is 11.2 Å². The van der Waals surface area contributed by atoms with Crippen molar-refractivity contribution in [3.8, 4) is 16.9 Å². The van der Waals surface area contributed by atoms with E-state index in [1.165, 1.54) is 20.0 Å². The maximum absolute atomic E-state index is 12.5. The van der Waals surface area contributed by atoms with Crippen molar-refractivity contribution in [2.45, 2.75) is 70.7 Å². The predicted molar refractivity (Wildman–Crippen MR) is 120 cm³/mol. The summed E-state index contributed by atoms with van der Waals surface area (Å²) in [6.07, 6.45) is 8.09. The van der Waals surface area contributed by atoms with E-state index in [-0.39, 0.29) is 18.2 Å². The van der Waals surface area contributed by atoms with Crippen molar-refractivity contribution < 1.29 is 14.3 Å². The van der Waals surface area contributed by atoms with Gasteiger partial charge in [-0.3, -0.25) is 14.5 Å². The van der Waals surface area contributed by atoms with Crippen LogP contribution in [0.25, 0.3) is 11.1 Å². The van der Waals surface area contributed by atoms with Gasteiger partial charge in [0.05, 0.1) is 25.0 Å². The summed E-state index contributed by atoms with van der Waals surface area (Å²) < 4.78 is 13.8. The summed E-state index contributed by atoms with van der Waals surface area (Å²) in [6, 6.07) is 5.28. The Morgan fingerprint density at radius 3 is 2.65 bits per heavy atom. The monoisotopic (exact) mass is 424 g/mol. The zero-order valence-electron chi connectivity index (χ0n) is 18.9. The lowest BCUT2D eigenvalue weighted by Crippen LogP contribution is -2.56. The smallest absolute Gasteiger partial charge is 0.414 e. The van der Waals surface area contributed by atoms with Crippen LogP contribution in [0.2, 0.25) is 0 Å². The molecule has 7 nitrogen and oxygen atoms in total. The Bertz CT molecular complexity index is 975. The SMILES string of the molecule is COC(=O)N1c2ccc(-c3cnn(C4CC4)c3)c(OC3CN(C(C)C)C3)c2CCC1C. The van der Waals surface area contributed by atoms with Crippen LogP contribution < -0.4 is 9.64 Å². The lowest BCUT2D eigenvalue weighted by molar-refractivity contribution is -0.0000562. The number of fused-ring (bicyclic) bond motifs is 1. The summed E-state index contributed by atoms with van der Waals surface area (Å²) in [5, 5.41) is 4.59. The van der Waals surface area contributed by atoms with E-state index in [1.807, 2.05) is 12.3 Å². The van der Waals surface area contributed by atoms with Crippen molar-refractivity contribution in [2.24, 2.45) is 0 Å². The quantitative estimate of drug-likeness (QED) is 0.718. The van der Waals surface area contributed by atoms with Crippen LogP contribution in [0.4, 0.5) is 10.5 Å². The third-order valence-electron chi connectivity index (χ3n) is 6.84. The highest BCUT2D eigenvalue weighted by Gasteiger charge is 2.36. The number of methoxy groups -OCH3 is 1. The van der Waals surface area contributed by atoms with E-state index < -0.39 is 0 Å². The van der Waals surface area contributed by atoms with E-state index in [0.29, 0.717) is 12.1 Å². The minimum absolute atomic E-state index is 0.0939. The zero-order valence-corrected chi connectivity index (χ0v) is 18.9. The first-order chi connectivity index (χ1) is 15.0. The van der Waals surface area contributed by atoms with Gasteiger partial charge in [-0.25, -0.2) is 4.79 Å². The topological polar surface area (TPSA) is 59.8 Å². The molecule has 2 fully saturated rings. The van der Waals surface area contributed by atoms with Crippen molar-refractivity contribution in [1.82, 2.24) is 14.7 Å². The van der Waals surface area contributed by atoms with Crippen molar-refractivity contribution >= 4 is 11.8 Å². The molecule has 1 aromatic carbocycles. The second kappa shape index (κ2) is 7.86. The number of benzene rings is 1. The van der Waals surface area contributed by atoms with E-state index in [4.69, 9.17) is 9.47 Å². The molecule has 1 saturated heterocycles. The largest absolute Gasteiger partial charge is 0.487 e. The third kappa shape index (κ3) is 3.69. The zero-order chi connectivity index (χ0) is 21.7. The van der Waals surface area contributed by atoms with Gasteiger partial charge in [0, 0.05) is 48.1 Å². The normalized spacial score (nSPS) is 21.7. The molecule has 1 atom stereocenters. The van der Waals surface area contributed by atoms with Gasteiger partial charge in [-0.05, 0) is 58.6 Å². The second-order valence-electron chi connectivity index (χ2n) is 9.40. The number of nitrogens with zero attached hydrogens (tertiary/aromatic N) is 4. The molecule has 0 radical (unpaired) electrons. The fraction of sp³-hybridized carbons (Fsp3) is 0.583. The molecule has 3 aliphatic rings. The number of aromatic nitrogens is 2. The maximum atomic E-state index is 12.5. The molecule has 166 valence electrons. The minimum atomic E-state index is -0.316. The van der Waals surface area contributed by atoms with Gasteiger partial charge < -0.3 is 9.47 Å². The predicted octanol–water partition coefficient (Wildman–Crippen LogP) is 4.26. The number of likely N-dealkylation sites (tertiary alicyclic amines) is 1. The molecular weight excluding hydrogens is 392 g/mol. The summed E-state index contributed by atoms with van der Waals surface area (Å²) in [6.45, 7) is 8.36. The summed E-state index contributed by atoms with van der Waals surface area (Å²) in [7, 11) is 1.44. The molecule has 5 rings (SSSR count). The highest BCUT2D eigenvalue weighted by molar-refractivity contribution is 5.92. The molecule has 1 aromatic heterocycles. The van der Waals surface area contributed by atoms with Crippen LogP contribution in [0.3, 0.4) is 0 Å². The molecule has 7 heteroatoms. The van der Waals surface area contributed by atoms with Crippen LogP contribution >= 0.6 is 0 Å². The first-order valence-electron chi connectivity index (χ1n) is 11.4. The number of carbonyl (C=O) groups is 1. The fourth-order valence-electron chi connectivity index (χ4n) is 4.69. The molecule has 2 aromatic rings. The van der Waals surface area contributed by atoms with Crippen LogP contribution in [0.1, 0.15) is 51.6 Å². The summed E-state index contributed by atoms with van der Waals surface area (Å²) in [5.74, 6) is 0.905. The highest BCUT2D eigenvalue weighted by atomic mass is 16.5. The second-order valence-corrected chi connectivity index (χ2v) is 9.40. The van der Waals surface area contributed by atoms with Crippen molar-refractivity contribution in [3.63, 3.8) is 0 Å². The number of carbonyl (C=O) groups excluding carboxylic acids is 1. The number of anilines is 1. The maximum Gasteiger partial charge on any atom is 0.414 e. The van der Waals surface area contributed by atoms with Gasteiger partial charge in [-0.1, -0.05) is 0 Å². The van der Waals surface area contributed by atoms with E-state index in [9.17, 15) is 4.79 Å². The fourth-order valence-corrected chi connectivity index (χ4v) is 4.69. The third-order valence-corrected chi connectivity index (χ3v) is 6.84. The first kappa shape index (κ1) is 20.4. The summed E-state index contributed by atoms with van der Waals surface area (Å²) in [4.78, 5) is 16.7. The van der Waals surface area contributed by atoms with E-state index in [1.54, 1.807) is 4.90 Å². The van der Waals surface area contributed by atoms with Crippen molar-refractivity contribution in [2.75, 3.05) is 25.1 Å². The Morgan fingerprint density at radius 1 is 1.19 bits per heavy atom. The molecule has 0 spiro atoms. The Kier molecular flexibility index (Phi) is 5.16. The molecule has 1 saturated carbocycles. The lowest BCUT2D eigenvalue weighted by Gasteiger charge is -2.43. The number of hydrogen-bond donors (Lipinski definition) is 0.